The van der Waals surface area contributed by atoms with E-state index in [0.29, 0.717) is 25.6 Å². The van der Waals surface area contributed by atoms with Gasteiger partial charge in [-0.25, -0.2) is 4.79 Å². The van der Waals surface area contributed by atoms with Crippen LogP contribution in [-0.2, 0) is 4.74 Å². The lowest BCUT2D eigenvalue weighted by atomic mass is 10.1. The topological polar surface area (TPSA) is 68.4 Å². The number of carbonyl (C=O) groups is 1. The Balaban J connectivity index is 2.84. The third kappa shape index (κ3) is 2.47. The third-order valence-corrected chi connectivity index (χ3v) is 3.93. The van der Waals surface area contributed by atoms with Gasteiger partial charge < -0.3 is 14.5 Å². The zero-order valence-electron chi connectivity index (χ0n) is 10.8. The fraction of sp³-hybridized carbons (Fsp3) is 0.231. The molecule has 2 aromatic rings. The van der Waals surface area contributed by atoms with E-state index in [2.05, 4.69) is 36.8 Å². The molecule has 0 aliphatic heterocycles. The molecule has 1 aromatic carbocycles. The van der Waals surface area contributed by atoms with Crippen molar-refractivity contribution in [1.29, 1.82) is 0 Å². The number of carbonyl (C=O) groups excluding carboxylic acids is 1. The number of aromatic nitrogens is 1. The molecule has 1 aromatic heterocycles. The number of esters is 1. The van der Waals surface area contributed by atoms with E-state index in [1.165, 1.54) is 13.3 Å². The van der Waals surface area contributed by atoms with Crippen LogP contribution in [-0.4, -0.2) is 24.7 Å². The van der Waals surface area contributed by atoms with Gasteiger partial charge in [0, 0.05) is 10.7 Å². The number of ether oxygens (including phenoxy) is 2. The molecule has 7 heteroatoms. The third-order valence-electron chi connectivity index (χ3n) is 2.72. The largest absolute Gasteiger partial charge is 0.495 e. The van der Waals surface area contributed by atoms with Crippen LogP contribution < -0.4 is 10.2 Å². The number of rotatable bonds is 3. The number of halogens is 2. The number of nitrogens with one attached hydrogen (secondary N) is 1. The zero-order valence-corrected chi connectivity index (χ0v) is 13.9. The monoisotopic (exact) mass is 403 g/mol. The Kier molecular flexibility index (Phi) is 4.49. The first-order valence-corrected chi connectivity index (χ1v) is 7.34. The molecule has 0 fully saturated rings. The first kappa shape index (κ1) is 15.1. The molecule has 1 heterocycles. The normalized spacial score (nSPS) is 10.6. The van der Waals surface area contributed by atoms with Crippen LogP contribution in [0.15, 0.2) is 26.0 Å². The van der Waals surface area contributed by atoms with Gasteiger partial charge in [0.1, 0.15) is 11.3 Å². The lowest BCUT2D eigenvalue weighted by Gasteiger charge is -2.10. The van der Waals surface area contributed by atoms with Gasteiger partial charge in [-0.2, -0.15) is 0 Å². The minimum absolute atomic E-state index is 0.0531. The highest BCUT2D eigenvalue weighted by Crippen LogP contribution is 2.35. The highest BCUT2D eigenvalue weighted by Gasteiger charge is 2.19. The summed E-state index contributed by atoms with van der Waals surface area (Å²) in [6.07, 6.45) is 1.35. The van der Waals surface area contributed by atoms with Gasteiger partial charge in [0.05, 0.1) is 29.1 Å². The van der Waals surface area contributed by atoms with E-state index < -0.39 is 11.4 Å². The van der Waals surface area contributed by atoms with Crippen LogP contribution >= 0.6 is 31.9 Å². The van der Waals surface area contributed by atoms with Gasteiger partial charge >= 0.3 is 5.97 Å². The molecule has 2 rings (SSSR count). The second kappa shape index (κ2) is 5.97. The number of methoxy groups -OCH3 is 1. The van der Waals surface area contributed by atoms with Gasteiger partial charge in [-0.1, -0.05) is 0 Å². The molecule has 0 aliphatic carbocycles. The zero-order chi connectivity index (χ0) is 14.9. The second-order valence-corrected chi connectivity index (χ2v) is 5.58. The van der Waals surface area contributed by atoms with Gasteiger partial charge in [0.25, 0.3) is 0 Å². The molecule has 0 spiro atoms. The first-order chi connectivity index (χ1) is 9.51. The van der Waals surface area contributed by atoms with Crippen LogP contribution in [0.2, 0.25) is 0 Å². The standard InChI is InChI=1S/C13H11Br2NO4/c1-3-20-13(18)6-5-16-10-7(14)4-8(15)12(19-2)9(10)11(6)17/h4-5H,3H2,1-2H3,(H,16,17). The second-order valence-electron chi connectivity index (χ2n) is 3.88. The van der Waals surface area contributed by atoms with Crippen molar-refractivity contribution in [2.75, 3.05) is 13.7 Å². The summed E-state index contributed by atoms with van der Waals surface area (Å²) in [6, 6.07) is 1.77. The summed E-state index contributed by atoms with van der Waals surface area (Å²) in [5, 5.41) is 0.291. The number of fused-ring (bicyclic) bond motifs is 1. The van der Waals surface area contributed by atoms with Gasteiger partial charge in [-0.3, -0.25) is 4.79 Å². The molecular weight excluding hydrogens is 394 g/mol. The highest BCUT2D eigenvalue weighted by atomic mass is 79.9. The molecular formula is C13H11Br2NO4. The summed E-state index contributed by atoms with van der Waals surface area (Å²) in [6.45, 7) is 1.89. The van der Waals surface area contributed by atoms with E-state index in [1.807, 2.05) is 0 Å². The van der Waals surface area contributed by atoms with Crippen molar-refractivity contribution in [2.45, 2.75) is 6.92 Å². The van der Waals surface area contributed by atoms with E-state index in [9.17, 15) is 9.59 Å². The Morgan fingerprint density at radius 1 is 1.35 bits per heavy atom. The molecule has 0 saturated heterocycles. The van der Waals surface area contributed by atoms with Gasteiger partial charge in [-0.15, -0.1) is 0 Å². The summed E-state index contributed by atoms with van der Waals surface area (Å²) in [4.78, 5) is 27.2. The van der Waals surface area contributed by atoms with Crippen molar-refractivity contribution in [3.05, 3.63) is 37.0 Å². The van der Waals surface area contributed by atoms with E-state index in [-0.39, 0.29) is 12.2 Å². The van der Waals surface area contributed by atoms with Crippen LogP contribution in [0, 0.1) is 0 Å². The maximum absolute atomic E-state index is 12.5. The van der Waals surface area contributed by atoms with Crippen molar-refractivity contribution < 1.29 is 14.3 Å². The predicted molar refractivity (Wildman–Crippen MR) is 82.5 cm³/mol. The molecule has 1 N–H and O–H groups in total. The number of aromatic amines is 1. The Labute approximate surface area is 131 Å². The van der Waals surface area contributed by atoms with Crippen LogP contribution in [0.3, 0.4) is 0 Å². The van der Waals surface area contributed by atoms with E-state index >= 15 is 0 Å². The summed E-state index contributed by atoms with van der Waals surface area (Å²) < 4.78 is 11.4. The summed E-state index contributed by atoms with van der Waals surface area (Å²) in [7, 11) is 1.46. The number of hydrogen-bond donors (Lipinski definition) is 1. The van der Waals surface area contributed by atoms with Crippen LogP contribution in [0.4, 0.5) is 0 Å². The molecule has 0 atom stereocenters. The molecule has 106 valence electrons. The SMILES string of the molecule is CCOC(=O)c1c[nH]c2c(Br)cc(Br)c(OC)c2c1=O. The Bertz CT molecular complexity index is 739. The van der Waals surface area contributed by atoms with Crippen LogP contribution in [0.5, 0.6) is 5.75 Å². The molecule has 0 unspecified atom stereocenters. The maximum Gasteiger partial charge on any atom is 0.343 e. The molecule has 0 radical (unpaired) electrons. The first-order valence-electron chi connectivity index (χ1n) is 5.75. The smallest absolute Gasteiger partial charge is 0.343 e. The number of hydrogen-bond acceptors (Lipinski definition) is 4. The molecule has 20 heavy (non-hydrogen) atoms. The quantitative estimate of drug-likeness (QED) is 0.797. The predicted octanol–water partition coefficient (Wildman–Crippen LogP) is 3.24. The van der Waals surface area contributed by atoms with Crippen molar-refractivity contribution >= 4 is 48.7 Å². The van der Waals surface area contributed by atoms with Crippen molar-refractivity contribution in [1.82, 2.24) is 4.98 Å². The average molecular weight is 405 g/mol. The Hall–Kier alpha value is -1.34. The van der Waals surface area contributed by atoms with E-state index in [4.69, 9.17) is 9.47 Å². The lowest BCUT2D eigenvalue weighted by molar-refractivity contribution is 0.0524. The van der Waals surface area contributed by atoms with Gasteiger partial charge in [0.2, 0.25) is 5.43 Å². The van der Waals surface area contributed by atoms with Gasteiger partial charge in [-0.05, 0) is 44.8 Å². The number of pyridine rings is 1. The number of benzene rings is 1. The summed E-state index contributed by atoms with van der Waals surface area (Å²) >= 11 is 6.70. The minimum atomic E-state index is -0.659. The van der Waals surface area contributed by atoms with Crippen LogP contribution in [0.25, 0.3) is 10.9 Å². The Morgan fingerprint density at radius 2 is 2.05 bits per heavy atom. The van der Waals surface area contributed by atoms with Gasteiger partial charge in [0.15, 0.2) is 0 Å². The Morgan fingerprint density at radius 3 is 2.65 bits per heavy atom. The molecule has 0 aliphatic rings. The number of H-pyrrole nitrogens is 1. The summed E-state index contributed by atoms with van der Waals surface area (Å²) in [5.41, 5.74) is 0.0711. The minimum Gasteiger partial charge on any atom is -0.495 e. The molecule has 0 bridgehead atoms. The average Bonchev–Trinajstić information content (AvgIpc) is 2.40. The summed E-state index contributed by atoms with van der Waals surface area (Å²) in [5.74, 6) is -0.288. The fourth-order valence-electron chi connectivity index (χ4n) is 1.86. The van der Waals surface area contributed by atoms with Crippen molar-refractivity contribution in [2.24, 2.45) is 0 Å². The van der Waals surface area contributed by atoms with E-state index in [0.717, 1.165) is 0 Å². The van der Waals surface area contributed by atoms with E-state index in [1.54, 1.807) is 13.0 Å². The van der Waals surface area contributed by atoms with Crippen LogP contribution in [0.1, 0.15) is 17.3 Å². The molecule has 5 nitrogen and oxygen atoms in total. The maximum atomic E-state index is 12.5. The van der Waals surface area contributed by atoms with Crippen molar-refractivity contribution in [3.63, 3.8) is 0 Å². The highest BCUT2D eigenvalue weighted by molar-refractivity contribution is 9.11. The molecule has 0 saturated carbocycles. The lowest BCUT2D eigenvalue weighted by Crippen LogP contribution is -2.18. The van der Waals surface area contributed by atoms with Crippen molar-refractivity contribution in [3.8, 4) is 5.75 Å². The fourth-order valence-corrected chi connectivity index (χ4v) is 3.30. The molecule has 0 amide bonds.